The van der Waals surface area contributed by atoms with Gasteiger partial charge in [0.25, 0.3) is 0 Å². The number of aliphatic hydroxyl groups excluding tert-OH is 2. The molecule has 0 aromatic heterocycles. The summed E-state index contributed by atoms with van der Waals surface area (Å²) >= 11 is 0. The first-order valence-electron chi connectivity index (χ1n) is 11.8. The predicted molar refractivity (Wildman–Crippen MR) is 131 cm³/mol. The highest BCUT2D eigenvalue weighted by atomic mass is 16.5. The van der Waals surface area contributed by atoms with Gasteiger partial charge in [0, 0.05) is 39.3 Å². The molecule has 0 radical (unpaired) electrons. The van der Waals surface area contributed by atoms with E-state index in [2.05, 4.69) is 19.3 Å². The van der Waals surface area contributed by atoms with Gasteiger partial charge < -0.3 is 29.2 Å². The van der Waals surface area contributed by atoms with Crippen molar-refractivity contribution < 1.29 is 38.7 Å². The molecular formula is C26H34N2O8. The van der Waals surface area contributed by atoms with Crippen LogP contribution in [0.5, 0.6) is 11.5 Å². The number of piperazine rings is 1. The fraction of sp³-hybridized carbons (Fsp3) is 0.462. The first kappa shape index (κ1) is 27.4. The minimum absolute atomic E-state index is 0.147. The van der Waals surface area contributed by atoms with Crippen LogP contribution in [0.1, 0.15) is 20.7 Å². The summed E-state index contributed by atoms with van der Waals surface area (Å²) in [5.41, 5.74) is 0.878. The van der Waals surface area contributed by atoms with Crippen LogP contribution in [0.2, 0.25) is 0 Å². The van der Waals surface area contributed by atoms with E-state index in [0.717, 1.165) is 26.2 Å². The maximum Gasteiger partial charge on any atom is 0.337 e. The van der Waals surface area contributed by atoms with Crippen LogP contribution in [-0.4, -0.2) is 111 Å². The number of nitrogens with zero attached hydrogens (tertiary/aromatic N) is 2. The van der Waals surface area contributed by atoms with Crippen LogP contribution in [0.15, 0.2) is 48.5 Å². The summed E-state index contributed by atoms with van der Waals surface area (Å²) in [7, 11) is 2.66. The smallest absolute Gasteiger partial charge is 0.337 e. The van der Waals surface area contributed by atoms with Crippen molar-refractivity contribution in [2.45, 2.75) is 12.2 Å². The maximum atomic E-state index is 11.5. The summed E-state index contributed by atoms with van der Waals surface area (Å²) in [5, 5.41) is 20.7. The molecule has 1 aliphatic heterocycles. The lowest BCUT2D eigenvalue weighted by molar-refractivity contribution is 0.0240. The molecule has 1 aliphatic rings. The number of methoxy groups -OCH3 is 2. The van der Waals surface area contributed by atoms with Gasteiger partial charge in [-0.05, 0) is 48.5 Å². The van der Waals surface area contributed by atoms with Crippen LogP contribution >= 0.6 is 0 Å². The molecule has 10 heteroatoms. The number of hydrogen-bond donors (Lipinski definition) is 2. The van der Waals surface area contributed by atoms with Crippen LogP contribution < -0.4 is 9.47 Å². The Balaban J connectivity index is 1.31. The van der Waals surface area contributed by atoms with Crippen LogP contribution in [0.4, 0.5) is 0 Å². The van der Waals surface area contributed by atoms with E-state index in [4.69, 9.17) is 9.47 Å². The lowest BCUT2D eigenvalue weighted by atomic mass is 10.2. The number of carbonyl (C=O) groups is 2. The Morgan fingerprint density at radius 3 is 1.33 bits per heavy atom. The second kappa shape index (κ2) is 13.8. The number of esters is 2. The number of ether oxygens (including phenoxy) is 4. The normalized spacial score (nSPS) is 16.1. The zero-order valence-electron chi connectivity index (χ0n) is 20.7. The number of benzene rings is 2. The highest BCUT2D eigenvalue weighted by molar-refractivity contribution is 5.89. The van der Waals surface area contributed by atoms with E-state index in [0.29, 0.717) is 35.7 Å². The van der Waals surface area contributed by atoms with Gasteiger partial charge in [0.2, 0.25) is 0 Å². The van der Waals surface area contributed by atoms with Crippen molar-refractivity contribution in [1.29, 1.82) is 0 Å². The van der Waals surface area contributed by atoms with Gasteiger partial charge in [-0.2, -0.15) is 0 Å². The van der Waals surface area contributed by atoms with Crippen LogP contribution in [0.25, 0.3) is 0 Å². The Labute approximate surface area is 210 Å². The van der Waals surface area contributed by atoms with Crippen molar-refractivity contribution in [2.24, 2.45) is 0 Å². The van der Waals surface area contributed by atoms with Crippen LogP contribution in [0.3, 0.4) is 0 Å². The number of aliphatic hydroxyl groups is 2. The molecule has 36 heavy (non-hydrogen) atoms. The molecule has 3 rings (SSSR count). The Morgan fingerprint density at radius 2 is 1.03 bits per heavy atom. The van der Waals surface area contributed by atoms with Crippen molar-refractivity contribution in [3.63, 3.8) is 0 Å². The summed E-state index contributed by atoms with van der Waals surface area (Å²) in [6, 6.07) is 13.2. The third kappa shape index (κ3) is 8.49. The minimum Gasteiger partial charge on any atom is -0.491 e. The second-order valence-corrected chi connectivity index (χ2v) is 8.56. The first-order valence-corrected chi connectivity index (χ1v) is 11.8. The molecule has 0 saturated carbocycles. The second-order valence-electron chi connectivity index (χ2n) is 8.56. The Hall–Kier alpha value is -3.18. The number of hydrogen-bond acceptors (Lipinski definition) is 10. The SMILES string of the molecule is COC(=O)c1ccc(OC[C@H](O)CN2CCN(C[C@@H](O)COc3ccc(C(=O)OC)cc3)CC2)cc1. The molecule has 2 N–H and O–H groups in total. The van der Waals surface area contributed by atoms with Gasteiger partial charge in [-0.15, -0.1) is 0 Å². The van der Waals surface area contributed by atoms with Gasteiger partial charge in [-0.25, -0.2) is 9.59 Å². The fourth-order valence-corrected chi connectivity index (χ4v) is 3.85. The molecule has 10 nitrogen and oxygen atoms in total. The van der Waals surface area contributed by atoms with Gasteiger partial charge >= 0.3 is 11.9 Å². The van der Waals surface area contributed by atoms with Crippen molar-refractivity contribution in [1.82, 2.24) is 9.80 Å². The molecule has 0 bridgehead atoms. The van der Waals surface area contributed by atoms with Crippen LogP contribution in [0, 0.1) is 0 Å². The molecule has 0 aliphatic carbocycles. The summed E-state index contributed by atoms with van der Waals surface area (Å²) in [6.07, 6.45) is -1.30. The van der Waals surface area contributed by atoms with E-state index in [9.17, 15) is 19.8 Å². The molecule has 2 atom stereocenters. The zero-order chi connectivity index (χ0) is 25.9. The van der Waals surface area contributed by atoms with E-state index in [1.165, 1.54) is 14.2 Å². The first-order chi connectivity index (χ1) is 17.4. The topological polar surface area (TPSA) is 118 Å². The summed E-state index contributed by atoms with van der Waals surface area (Å²) in [6.45, 7) is 4.35. The lowest BCUT2D eigenvalue weighted by Gasteiger charge is -2.36. The average molecular weight is 503 g/mol. The summed E-state index contributed by atoms with van der Waals surface area (Å²) in [5.74, 6) is 0.323. The fourth-order valence-electron chi connectivity index (χ4n) is 3.85. The standard InChI is InChI=1S/C26H34N2O8/c1-33-25(31)19-3-7-23(8-4-19)35-17-21(29)15-27-11-13-28(14-12-27)16-22(30)18-36-24-9-5-20(6-10-24)26(32)34-2/h3-10,21-22,29-30H,11-18H2,1-2H3/t21-,22-/m1/s1. The van der Waals surface area contributed by atoms with Gasteiger partial charge in [0.15, 0.2) is 0 Å². The monoisotopic (exact) mass is 502 g/mol. The van der Waals surface area contributed by atoms with E-state index in [1.807, 2.05) is 0 Å². The highest BCUT2D eigenvalue weighted by Crippen LogP contribution is 2.15. The van der Waals surface area contributed by atoms with Gasteiger partial charge in [-0.3, -0.25) is 9.80 Å². The van der Waals surface area contributed by atoms with Crippen molar-refractivity contribution in [3.8, 4) is 11.5 Å². The van der Waals surface area contributed by atoms with E-state index in [-0.39, 0.29) is 13.2 Å². The Bertz CT molecular complexity index is 879. The Morgan fingerprint density at radius 1 is 0.694 bits per heavy atom. The molecule has 196 valence electrons. The van der Waals surface area contributed by atoms with E-state index in [1.54, 1.807) is 48.5 Å². The van der Waals surface area contributed by atoms with Crippen molar-refractivity contribution in [3.05, 3.63) is 59.7 Å². The molecule has 2 aromatic carbocycles. The molecular weight excluding hydrogens is 468 g/mol. The van der Waals surface area contributed by atoms with E-state index >= 15 is 0 Å². The van der Waals surface area contributed by atoms with Gasteiger partial charge in [0.1, 0.15) is 36.9 Å². The third-order valence-corrected chi connectivity index (χ3v) is 5.84. The Kier molecular flexibility index (Phi) is 10.5. The van der Waals surface area contributed by atoms with Crippen molar-refractivity contribution >= 4 is 11.9 Å². The number of carbonyl (C=O) groups excluding carboxylic acids is 2. The molecule has 1 fully saturated rings. The largest absolute Gasteiger partial charge is 0.491 e. The average Bonchev–Trinajstić information content (AvgIpc) is 2.91. The van der Waals surface area contributed by atoms with E-state index < -0.39 is 24.1 Å². The van der Waals surface area contributed by atoms with Crippen LogP contribution in [-0.2, 0) is 9.47 Å². The molecule has 1 heterocycles. The molecule has 0 amide bonds. The molecule has 0 spiro atoms. The quantitative estimate of drug-likeness (QED) is 0.408. The zero-order valence-corrected chi connectivity index (χ0v) is 20.7. The third-order valence-electron chi connectivity index (χ3n) is 5.84. The lowest BCUT2D eigenvalue weighted by Crippen LogP contribution is -2.51. The molecule has 1 saturated heterocycles. The summed E-state index contributed by atoms with van der Waals surface area (Å²) < 4.78 is 20.6. The minimum atomic E-state index is -0.651. The highest BCUT2D eigenvalue weighted by Gasteiger charge is 2.21. The van der Waals surface area contributed by atoms with Crippen molar-refractivity contribution in [2.75, 3.05) is 66.7 Å². The number of rotatable bonds is 12. The van der Waals surface area contributed by atoms with Gasteiger partial charge in [0.05, 0.1) is 25.3 Å². The summed E-state index contributed by atoms with van der Waals surface area (Å²) in [4.78, 5) is 27.3. The van der Waals surface area contributed by atoms with Gasteiger partial charge in [-0.1, -0.05) is 0 Å². The predicted octanol–water partition coefficient (Wildman–Crippen LogP) is 1.06. The molecule has 0 unspecified atom stereocenters. The maximum absolute atomic E-state index is 11.5. The number of β-amino-alcohol motifs (C(OH)–C–C–N with tert-alkyl or cyclic N) is 2. The molecule has 2 aromatic rings.